The number of carbonyl (C=O) groups excluding carboxylic acids is 2. The fourth-order valence-electron chi connectivity index (χ4n) is 4.63. The molecule has 200 valence electrons. The Morgan fingerprint density at radius 1 is 0.897 bits per heavy atom. The lowest BCUT2D eigenvalue weighted by Crippen LogP contribution is -2.29. The van der Waals surface area contributed by atoms with E-state index < -0.39 is 17.7 Å². The minimum absolute atomic E-state index is 0.0881. The topological polar surface area (TPSA) is 107 Å². The van der Waals surface area contributed by atoms with Crippen LogP contribution in [0.2, 0.25) is 0 Å². The number of methoxy groups -OCH3 is 4. The quantitative estimate of drug-likeness (QED) is 0.190. The molecule has 0 unspecified atom stereocenters. The molecule has 5 rings (SSSR count). The average molecular weight is 547 g/mol. The maximum absolute atomic E-state index is 13.6. The van der Waals surface area contributed by atoms with Crippen LogP contribution in [0.25, 0.3) is 16.0 Å². The summed E-state index contributed by atoms with van der Waals surface area (Å²) in [5.41, 5.74) is 2.47. The van der Waals surface area contributed by atoms with Crippen LogP contribution in [0.4, 0.5) is 5.13 Å². The van der Waals surface area contributed by atoms with E-state index in [2.05, 4.69) is 4.98 Å². The van der Waals surface area contributed by atoms with E-state index in [9.17, 15) is 14.7 Å². The number of anilines is 1. The van der Waals surface area contributed by atoms with Gasteiger partial charge in [-0.2, -0.15) is 0 Å². The minimum atomic E-state index is -1.03. The SMILES string of the molecule is COc1ccc(/C(O)=C2\C(=O)C(=O)N(c3nc4ccc(C)cc4s3)[C@@H]2c2cc(OC)c(OC)c(OC)c2)cc1. The lowest BCUT2D eigenvalue weighted by molar-refractivity contribution is -0.132. The van der Waals surface area contributed by atoms with Gasteiger partial charge < -0.3 is 24.1 Å². The Morgan fingerprint density at radius 2 is 1.56 bits per heavy atom. The summed E-state index contributed by atoms with van der Waals surface area (Å²) in [6, 6.07) is 14.6. The number of fused-ring (bicyclic) bond motifs is 1. The molecule has 10 heteroatoms. The number of Topliss-reactive ketones (excluding diaryl/α,β-unsaturated/α-hetero) is 1. The number of ether oxygens (including phenoxy) is 4. The lowest BCUT2D eigenvalue weighted by Gasteiger charge is -2.24. The number of aromatic nitrogens is 1. The van der Waals surface area contributed by atoms with Gasteiger partial charge in [0.2, 0.25) is 5.75 Å². The highest BCUT2D eigenvalue weighted by Gasteiger charge is 2.48. The number of hydrogen-bond acceptors (Lipinski definition) is 9. The van der Waals surface area contributed by atoms with Gasteiger partial charge in [0.1, 0.15) is 11.5 Å². The molecule has 1 aromatic heterocycles. The summed E-state index contributed by atoms with van der Waals surface area (Å²) >= 11 is 1.29. The molecule has 39 heavy (non-hydrogen) atoms. The van der Waals surface area contributed by atoms with Gasteiger partial charge in [0.15, 0.2) is 16.6 Å². The molecular weight excluding hydrogens is 520 g/mol. The zero-order valence-electron chi connectivity index (χ0n) is 22.0. The number of aliphatic hydroxyl groups is 1. The molecule has 1 amide bonds. The van der Waals surface area contributed by atoms with Crippen LogP contribution in [-0.2, 0) is 9.59 Å². The van der Waals surface area contributed by atoms with E-state index in [0.717, 1.165) is 10.3 Å². The van der Waals surface area contributed by atoms with Gasteiger partial charge in [0.25, 0.3) is 5.78 Å². The highest BCUT2D eigenvalue weighted by atomic mass is 32.1. The fraction of sp³-hybridized carbons (Fsp3) is 0.207. The number of benzene rings is 3. The van der Waals surface area contributed by atoms with Crippen molar-refractivity contribution < 1.29 is 33.6 Å². The van der Waals surface area contributed by atoms with Gasteiger partial charge in [-0.15, -0.1) is 0 Å². The van der Waals surface area contributed by atoms with Crippen molar-refractivity contribution in [2.45, 2.75) is 13.0 Å². The van der Waals surface area contributed by atoms with Crippen molar-refractivity contribution >= 4 is 44.1 Å². The van der Waals surface area contributed by atoms with Gasteiger partial charge in [0, 0.05) is 5.56 Å². The van der Waals surface area contributed by atoms with Crippen LogP contribution >= 0.6 is 11.3 Å². The molecular formula is C29H26N2O7S. The number of carbonyl (C=O) groups is 2. The average Bonchev–Trinajstić information content (AvgIpc) is 3.49. The van der Waals surface area contributed by atoms with Crippen molar-refractivity contribution in [1.82, 2.24) is 4.98 Å². The predicted octanol–water partition coefficient (Wildman–Crippen LogP) is 5.27. The second kappa shape index (κ2) is 10.3. The third-order valence-electron chi connectivity index (χ3n) is 6.55. The summed E-state index contributed by atoms with van der Waals surface area (Å²) in [5.74, 6) is -0.362. The Morgan fingerprint density at radius 3 is 2.15 bits per heavy atom. The largest absolute Gasteiger partial charge is 0.507 e. The molecule has 0 saturated carbocycles. The Bertz CT molecular complexity index is 1600. The van der Waals surface area contributed by atoms with Crippen LogP contribution in [0.1, 0.15) is 22.7 Å². The first kappa shape index (κ1) is 26.1. The monoisotopic (exact) mass is 546 g/mol. The summed E-state index contributed by atoms with van der Waals surface area (Å²) in [6.45, 7) is 1.97. The molecule has 3 aromatic carbocycles. The smallest absolute Gasteiger partial charge is 0.301 e. The second-order valence-corrected chi connectivity index (χ2v) is 9.83. The normalized spacial score (nSPS) is 16.5. The van der Waals surface area contributed by atoms with Gasteiger partial charge >= 0.3 is 5.91 Å². The number of rotatable bonds is 7. The first-order chi connectivity index (χ1) is 18.8. The van der Waals surface area contributed by atoms with Crippen LogP contribution in [0.3, 0.4) is 0 Å². The molecule has 1 atom stereocenters. The molecule has 4 aromatic rings. The standard InChI is InChI=1S/C29H26N2O7S/c1-15-6-11-19-22(12-15)39-29(30-19)31-24(17-13-20(36-3)27(38-5)21(14-17)37-4)23(26(33)28(31)34)25(32)16-7-9-18(35-2)10-8-16/h6-14,24,32H,1-5H3/b25-23+/t24-/m1/s1. The minimum Gasteiger partial charge on any atom is -0.507 e. The highest BCUT2D eigenvalue weighted by Crippen LogP contribution is 2.48. The highest BCUT2D eigenvalue weighted by molar-refractivity contribution is 7.22. The third-order valence-corrected chi connectivity index (χ3v) is 7.57. The molecule has 1 aliphatic rings. The molecule has 9 nitrogen and oxygen atoms in total. The van der Waals surface area contributed by atoms with Crippen molar-refractivity contribution in [3.8, 4) is 23.0 Å². The van der Waals surface area contributed by atoms with E-state index in [0.29, 0.717) is 44.8 Å². The van der Waals surface area contributed by atoms with Gasteiger partial charge in [-0.05, 0) is 66.6 Å². The summed E-state index contributed by atoms with van der Waals surface area (Å²) in [4.78, 5) is 33.2. The van der Waals surface area contributed by atoms with Crippen LogP contribution in [0.5, 0.6) is 23.0 Å². The van der Waals surface area contributed by atoms with Gasteiger partial charge in [0.05, 0.1) is 50.3 Å². The van der Waals surface area contributed by atoms with E-state index in [4.69, 9.17) is 18.9 Å². The zero-order chi connectivity index (χ0) is 27.8. The van der Waals surface area contributed by atoms with E-state index in [1.807, 2.05) is 25.1 Å². The molecule has 0 aliphatic carbocycles. The molecule has 1 aliphatic heterocycles. The summed E-state index contributed by atoms with van der Waals surface area (Å²) < 4.78 is 22.6. The predicted molar refractivity (Wildman–Crippen MR) is 148 cm³/mol. The molecule has 1 fully saturated rings. The van der Waals surface area contributed by atoms with E-state index in [-0.39, 0.29) is 11.3 Å². The van der Waals surface area contributed by atoms with E-state index in [1.54, 1.807) is 36.4 Å². The van der Waals surface area contributed by atoms with Gasteiger partial charge in [-0.3, -0.25) is 14.5 Å². The molecule has 0 spiro atoms. The van der Waals surface area contributed by atoms with Crippen molar-refractivity contribution in [2.24, 2.45) is 0 Å². The number of amides is 1. The van der Waals surface area contributed by atoms with Crippen LogP contribution in [0.15, 0.2) is 60.2 Å². The van der Waals surface area contributed by atoms with Crippen LogP contribution in [0, 0.1) is 6.92 Å². The Hall–Kier alpha value is -4.57. The molecule has 1 saturated heterocycles. The van der Waals surface area contributed by atoms with Crippen LogP contribution < -0.4 is 23.8 Å². The summed E-state index contributed by atoms with van der Waals surface area (Å²) in [6.07, 6.45) is 0. The molecule has 0 bridgehead atoms. The van der Waals surface area contributed by atoms with Crippen molar-refractivity contribution in [3.05, 3.63) is 76.9 Å². The number of aliphatic hydroxyl groups excluding tert-OH is 1. The molecule has 1 N–H and O–H groups in total. The number of hydrogen-bond donors (Lipinski definition) is 1. The summed E-state index contributed by atoms with van der Waals surface area (Å²) in [5, 5.41) is 11.8. The Kier molecular flexibility index (Phi) is 6.88. The fourth-order valence-corrected chi connectivity index (χ4v) is 5.72. The number of thiazole rings is 1. The van der Waals surface area contributed by atoms with Crippen molar-refractivity contribution in [3.63, 3.8) is 0 Å². The number of nitrogens with zero attached hydrogens (tertiary/aromatic N) is 2. The second-order valence-electron chi connectivity index (χ2n) is 8.82. The lowest BCUT2D eigenvalue weighted by atomic mass is 9.94. The van der Waals surface area contributed by atoms with E-state index >= 15 is 0 Å². The first-order valence-electron chi connectivity index (χ1n) is 11.9. The molecule has 2 heterocycles. The van der Waals surface area contributed by atoms with Crippen molar-refractivity contribution in [1.29, 1.82) is 0 Å². The third kappa shape index (κ3) is 4.42. The zero-order valence-corrected chi connectivity index (χ0v) is 22.8. The number of aryl methyl sites for hydroxylation is 1. The first-order valence-corrected chi connectivity index (χ1v) is 12.8. The van der Waals surface area contributed by atoms with Crippen LogP contribution in [-0.4, -0.2) is 50.2 Å². The van der Waals surface area contributed by atoms with E-state index in [1.165, 1.54) is 44.7 Å². The van der Waals surface area contributed by atoms with Gasteiger partial charge in [-0.25, -0.2) is 4.98 Å². The van der Waals surface area contributed by atoms with Crippen molar-refractivity contribution in [2.75, 3.05) is 33.3 Å². The number of ketones is 1. The maximum Gasteiger partial charge on any atom is 0.301 e. The maximum atomic E-state index is 13.6. The molecule has 0 radical (unpaired) electrons. The Labute approximate surface area is 228 Å². The van der Waals surface area contributed by atoms with Gasteiger partial charge in [-0.1, -0.05) is 17.4 Å². The Balaban J connectivity index is 1.77. The summed E-state index contributed by atoms with van der Waals surface area (Å²) in [7, 11) is 5.97.